The van der Waals surface area contributed by atoms with E-state index in [2.05, 4.69) is 0 Å². The number of amides is 2. The van der Waals surface area contributed by atoms with Crippen molar-refractivity contribution in [3.8, 4) is 11.5 Å². The molecular weight excluding hydrogens is 400 g/mol. The number of ether oxygens (including phenoxy) is 2. The molecule has 0 aliphatic carbocycles. The van der Waals surface area contributed by atoms with Gasteiger partial charge in [0.1, 0.15) is 13.2 Å². The molecule has 3 aromatic rings. The van der Waals surface area contributed by atoms with Crippen LogP contribution in [0.1, 0.15) is 25.6 Å². The highest BCUT2D eigenvalue weighted by atomic mass is 32.1. The highest BCUT2D eigenvalue weighted by Gasteiger charge is 2.22. The summed E-state index contributed by atoms with van der Waals surface area (Å²) in [5.74, 6) is 1.12. The lowest BCUT2D eigenvalue weighted by molar-refractivity contribution is 0.0785. The van der Waals surface area contributed by atoms with E-state index in [4.69, 9.17) is 9.47 Å². The molecule has 0 unspecified atom stereocenters. The SMILES string of the molecule is CN(Cc1ccc2c(c1)OCCO2)C(=O)c1ccccc1N(C)C(=O)c1cccs1. The number of carbonyl (C=O) groups is 2. The van der Waals surface area contributed by atoms with E-state index in [9.17, 15) is 9.59 Å². The summed E-state index contributed by atoms with van der Waals surface area (Å²) in [4.78, 5) is 29.8. The second-order valence-corrected chi connectivity index (χ2v) is 7.95. The van der Waals surface area contributed by atoms with E-state index in [0.29, 0.717) is 41.6 Å². The number of benzene rings is 2. The topological polar surface area (TPSA) is 59.1 Å². The molecule has 0 radical (unpaired) electrons. The standard InChI is InChI=1S/C23H22N2O4S/c1-24(15-16-9-10-19-20(14-16)29-12-11-28-19)22(26)17-6-3-4-7-18(17)25(2)23(27)21-8-5-13-30-21/h3-10,13-14H,11-12,15H2,1-2H3. The van der Waals surface area contributed by atoms with Gasteiger partial charge >= 0.3 is 0 Å². The van der Waals surface area contributed by atoms with E-state index in [1.165, 1.54) is 16.2 Å². The molecule has 0 N–H and O–H groups in total. The molecule has 0 spiro atoms. The fourth-order valence-electron chi connectivity index (χ4n) is 3.36. The van der Waals surface area contributed by atoms with Crippen LogP contribution in [0.5, 0.6) is 11.5 Å². The van der Waals surface area contributed by atoms with Gasteiger partial charge in [-0.15, -0.1) is 11.3 Å². The van der Waals surface area contributed by atoms with Crippen molar-refractivity contribution >= 4 is 28.8 Å². The lowest BCUT2D eigenvalue weighted by Gasteiger charge is -2.24. The summed E-state index contributed by atoms with van der Waals surface area (Å²) in [6.07, 6.45) is 0. The Morgan fingerprint density at radius 2 is 1.70 bits per heavy atom. The Balaban J connectivity index is 1.54. The fourth-order valence-corrected chi connectivity index (χ4v) is 4.06. The molecular formula is C23H22N2O4S. The lowest BCUT2D eigenvalue weighted by atomic mass is 10.1. The van der Waals surface area contributed by atoms with Crippen molar-refractivity contribution in [1.82, 2.24) is 4.90 Å². The quantitative estimate of drug-likeness (QED) is 0.622. The molecule has 1 aromatic heterocycles. The molecule has 0 saturated carbocycles. The van der Waals surface area contributed by atoms with Crippen LogP contribution in [0.25, 0.3) is 0 Å². The molecule has 154 valence electrons. The van der Waals surface area contributed by atoms with Crippen molar-refractivity contribution in [2.45, 2.75) is 6.54 Å². The molecule has 7 heteroatoms. The Morgan fingerprint density at radius 3 is 2.47 bits per heavy atom. The predicted octanol–water partition coefficient (Wildman–Crippen LogP) is 4.07. The predicted molar refractivity (Wildman–Crippen MR) is 117 cm³/mol. The second-order valence-electron chi connectivity index (χ2n) is 7.00. The van der Waals surface area contributed by atoms with Crippen molar-refractivity contribution in [1.29, 1.82) is 0 Å². The third-order valence-corrected chi connectivity index (χ3v) is 5.76. The van der Waals surface area contributed by atoms with Crippen molar-refractivity contribution in [2.24, 2.45) is 0 Å². The van der Waals surface area contributed by atoms with Gasteiger partial charge in [-0.05, 0) is 41.3 Å². The molecule has 2 amide bonds. The van der Waals surface area contributed by atoms with Crippen LogP contribution >= 0.6 is 11.3 Å². The van der Waals surface area contributed by atoms with Gasteiger partial charge in [-0.25, -0.2) is 0 Å². The summed E-state index contributed by atoms with van der Waals surface area (Å²) in [5, 5.41) is 1.86. The monoisotopic (exact) mass is 422 g/mol. The average Bonchev–Trinajstić information content (AvgIpc) is 3.32. The van der Waals surface area contributed by atoms with Crippen LogP contribution in [0, 0.1) is 0 Å². The number of carbonyl (C=O) groups excluding carboxylic acids is 2. The van der Waals surface area contributed by atoms with Crippen molar-refractivity contribution in [3.05, 3.63) is 76.0 Å². The van der Waals surface area contributed by atoms with Crippen molar-refractivity contribution in [2.75, 3.05) is 32.2 Å². The highest BCUT2D eigenvalue weighted by molar-refractivity contribution is 7.12. The molecule has 2 aromatic carbocycles. The van der Waals surface area contributed by atoms with Crippen LogP contribution in [0.2, 0.25) is 0 Å². The Morgan fingerprint density at radius 1 is 0.933 bits per heavy atom. The third-order valence-electron chi connectivity index (χ3n) is 4.91. The zero-order valence-electron chi connectivity index (χ0n) is 16.8. The molecule has 2 heterocycles. The molecule has 0 fully saturated rings. The maximum atomic E-state index is 13.2. The van der Waals surface area contributed by atoms with Gasteiger partial charge < -0.3 is 19.3 Å². The first-order valence-electron chi connectivity index (χ1n) is 9.59. The van der Waals surface area contributed by atoms with Crippen LogP contribution in [0.4, 0.5) is 5.69 Å². The largest absolute Gasteiger partial charge is 0.486 e. The number of anilines is 1. The minimum Gasteiger partial charge on any atom is -0.486 e. The number of fused-ring (bicyclic) bond motifs is 1. The van der Waals surface area contributed by atoms with E-state index in [1.54, 1.807) is 43.3 Å². The van der Waals surface area contributed by atoms with Crippen molar-refractivity contribution < 1.29 is 19.1 Å². The molecule has 0 bridgehead atoms. The zero-order chi connectivity index (χ0) is 21.1. The average molecular weight is 423 g/mol. The Bertz CT molecular complexity index is 1060. The van der Waals surface area contributed by atoms with Crippen LogP contribution in [0.15, 0.2) is 60.0 Å². The number of thiophene rings is 1. The van der Waals surface area contributed by atoms with Gasteiger partial charge in [0.05, 0.1) is 16.1 Å². The molecule has 0 saturated heterocycles. The normalized spacial score (nSPS) is 12.3. The maximum absolute atomic E-state index is 13.2. The van der Waals surface area contributed by atoms with E-state index >= 15 is 0 Å². The van der Waals surface area contributed by atoms with Gasteiger partial charge in [0.2, 0.25) is 0 Å². The van der Waals surface area contributed by atoms with Crippen LogP contribution < -0.4 is 14.4 Å². The molecule has 6 nitrogen and oxygen atoms in total. The number of para-hydroxylation sites is 1. The van der Waals surface area contributed by atoms with Gasteiger partial charge in [0, 0.05) is 20.6 Å². The first-order chi connectivity index (χ1) is 14.5. The lowest BCUT2D eigenvalue weighted by Crippen LogP contribution is -2.31. The van der Waals surface area contributed by atoms with Gasteiger partial charge in [-0.3, -0.25) is 9.59 Å². The van der Waals surface area contributed by atoms with Crippen LogP contribution in [-0.4, -0.2) is 44.0 Å². The van der Waals surface area contributed by atoms with Gasteiger partial charge in [-0.2, -0.15) is 0 Å². The number of hydrogen-bond donors (Lipinski definition) is 0. The number of nitrogens with zero attached hydrogens (tertiary/aromatic N) is 2. The van der Waals surface area contributed by atoms with Crippen LogP contribution in [-0.2, 0) is 6.54 Å². The molecule has 0 atom stereocenters. The minimum absolute atomic E-state index is 0.139. The van der Waals surface area contributed by atoms with E-state index in [1.807, 2.05) is 35.7 Å². The summed E-state index contributed by atoms with van der Waals surface area (Å²) in [6, 6.07) is 16.5. The number of hydrogen-bond acceptors (Lipinski definition) is 5. The molecule has 1 aliphatic heterocycles. The summed E-state index contributed by atoms with van der Waals surface area (Å²) in [7, 11) is 3.44. The smallest absolute Gasteiger partial charge is 0.268 e. The summed E-state index contributed by atoms with van der Waals surface area (Å²) >= 11 is 1.38. The summed E-state index contributed by atoms with van der Waals surface area (Å²) in [6.45, 7) is 1.47. The minimum atomic E-state index is -0.161. The summed E-state index contributed by atoms with van der Waals surface area (Å²) in [5.41, 5.74) is 2.00. The number of rotatable bonds is 5. The molecule has 1 aliphatic rings. The second kappa shape index (κ2) is 8.59. The fraction of sp³-hybridized carbons (Fsp3) is 0.217. The first-order valence-corrected chi connectivity index (χ1v) is 10.5. The van der Waals surface area contributed by atoms with Gasteiger partial charge in [0.15, 0.2) is 11.5 Å². The Labute approximate surface area is 179 Å². The van der Waals surface area contributed by atoms with E-state index in [0.717, 1.165) is 11.3 Å². The molecule has 30 heavy (non-hydrogen) atoms. The Hall–Kier alpha value is -3.32. The summed E-state index contributed by atoms with van der Waals surface area (Å²) < 4.78 is 11.2. The van der Waals surface area contributed by atoms with Gasteiger partial charge in [-0.1, -0.05) is 24.3 Å². The van der Waals surface area contributed by atoms with Crippen LogP contribution in [0.3, 0.4) is 0 Å². The molecule has 4 rings (SSSR count). The third kappa shape index (κ3) is 4.02. The van der Waals surface area contributed by atoms with Crippen molar-refractivity contribution in [3.63, 3.8) is 0 Å². The maximum Gasteiger partial charge on any atom is 0.268 e. The Kier molecular flexibility index (Phi) is 5.72. The van der Waals surface area contributed by atoms with Gasteiger partial charge in [0.25, 0.3) is 11.8 Å². The first kappa shape index (κ1) is 20.0. The van der Waals surface area contributed by atoms with E-state index < -0.39 is 0 Å². The highest BCUT2D eigenvalue weighted by Crippen LogP contribution is 2.31. The van der Waals surface area contributed by atoms with E-state index in [-0.39, 0.29) is 11.8 Å². The zero-order valence-corrected chi connectivity index (χ0v) is 17.6.